The minimum absolute atomic E-state index is 0.232. The molecule has 3 aromatic rings. The van der Waals surface area contributed by atoms with Crippen molar-refractivity contribution in [1.82, 2.24) is 9.55 Å². The maximum absolute atomic E-state index is 10.9. The van der Waals surface area contributed by atoms with E-state index in [0.717, 1.165) is 22.3 Å². The molecule has 6 heteroatoms. The van der Waals surface area contributed by atoms with Gasteiger partial charge in [0, 0.05) is 23.7 Å². The highest BCUT2D eigenvalue weighted by atomic mass is 16.4. The number of benzene rings is 2. The van der Waals surface area contributed by atoms with Gasteiger partial charge in [-0.1, -0.05) is 6.07 Å². The highest BCUT2D eigenvalue weighted by molar-refractivity contribution is 6.09. The first-order chi connectivity index (χ1) is 11.1. The van der Waals surface area contributed by atoms with Gasteiger partial charge in [0.25, 0.3) is 0 Å². The minimum atomic E-state index is -0.960. The Hall–Kier alpha value is -3.41. The van der Waals surface area contributed by atoms with E-state index in [2.05, 4.69) is 4.98 Å². The Morgan fingerprint density at radius 2 is 1.87 bits per heavy atom. The second kappa shape index (κ2) is 5.76. The number of carbonyl (C=O) groups is 1. The van der Waals surface area contributed by atoms with Crippen molar-refractivity contribution in [1.29, 1.82) is 5.41 Å². The first kappa shape index (κ1) is 14.5. The first-order valence-electron chi connectivity index (χ1n) is 6.87. The second-order valence-electron chi connectivity index (χ2n) is 4.94. The molecule has 0 amide bonds. The van der Waals surface area contributed by atoms with Gasteiger partial charge in [-0.15, -0.1) is 0 Å². The lowest BCUT2D eigenvalue weighted by Gasteiger charge is -2.06. The second-order valence-corrected chi connectivity index (χ2v) is 4.94. The average Bonchev–Trinajstić information content (AvgIpc) is 2.99. The number of aromatic carboxylic acids is 1. The number of carboxylic acid groups (broad SMARTS) is 1. The molecule has 1 aromatic heterocycles. The average molecular weight is 306 g/mol. The molecule has 0 radical (unpaired) electrons. The van der Waals surface area contributed by atoms with Gasteiger partial charge in [-0.3, -0.25) is 4.57 Å². The van der Waals surface area contributed by atoms with Gasteiger partial charge in [-0.05, 0) is 42.0 Å². The predicted octanol–water partition coefficient (Wildman–Crippen LogP) is 2.67. The van der Waals surface area contributed by atoms with Crippen molar-refractivity contribution in [3.63, 3.8) is 0 Å². The van der Waals surface area contributed by atoms with Crippen LogP contribution in [0.25, 0.3) is 22.3 Å². The number of nitrogens with zero attached hydrogens (tertiary/aromatic N) is 2. The Bertz CT molecular complexity index is 923. The molecule has 23 heavy (non-hydrogen) atoms. The van der Waals surface area contributed by atoms with E-state index in [1.54, 1.807) is 30.6 Å². The molecule has 0 atom stereocenters. The van der Waals surface area contributed by atoms with Gasteiger partial charge in [0.15, 0.2) is 0 Å². The van der Waals surface area contributed by atoms with Gasteiger partial charge < -0.3 is 16.2 Å². The first-order valence-corrected chi connectivity index (χ1v) is 6.87. The van der Waals surface area contributed by atoms with E-state index in [1.165, 1.54) is 12.4 Å². The molecule has 0 fully saturated rings. The van der Waals surface area contributed by atoms with E-state index < -0.39 is 5.97 Å². The van der Waals surface area contributed by atoms with E-state index >= 15 is 0 Å². The van der Waals surface area contributed by atoms with Crippen molar-refractivity contribution < 1.29 is 9.90 Å². The number of hydrogen-bond acceptors (Lipinski definition) is 4. The van der Waals surface area contributed by atoms with Gasteiger partial charge >= 0.3 is 5.97 Å². The molecular formula is C17H14N4O2. The molecule has 0 aliphatic heterocycles. The van der Waals surface area contributed by atoms with Gasteiger partial charge in [-0.25, -0.2) is 9.78 Å². The molecule has 114 valence electrons. The van der Waals surface area contributed by atoms with Crippen LogP contribution in [0.3, 0.4) is 0 Å². The van der Waals surface area contributed by atoms with Crippen LogP contribution in [0.2, 0.25) is 0 Å². The van der Waals surface area contributed by atoms with Crippen molar-refractivity contribution in [3.8, 4) is 5.69 Å². The van der Waals surface area contributed by atoms with Crippen LogP contribution in [0.4, 0.5) is 0 Å². The Morgan fingerprint density at radius 1 is 1.17 bits per heavy atom. The Kier molecular flexibility index (Phi) is 3.64. The SMILES string of the molecule is N=C/C(=C\N)c1ccc2ncn(-c3ccc(C(=O)O)cc3)c2c1. The van der Waals surface area contributed by atoms with E-state index in [1.807, 2.05) is 22.8 Å². The summed E-state index contributed by atoms with van der Waals surface area (Å²) in [4.78, 5) is 15.3. The molecule has 0 bridgehead atoms. The normalized spacial score (nSPS) is 11.6. The third-order valence-electron chi connectivity index (χ3n) is 3.61. The van der Waals surface area contributed by atoms with Crippen LogP contribution in [0.1, 0.15) is 15.9 Å². The number of fused-ring (bicyclic) bond motifs is 1. The molecular weight excluding hydrogens is 292 g/mol. The molecule has 0 aliphatic rings. The monoisotopic (exact) mass is 306 g/mol. The maximum atomic E-state index is 10.9. The topological polar surface area (TPSA) is 105 Å². The standard InChI is InChI=1S/C17H14N4O2/c18-8-13(9-19)12-3-6-15-16(7-12)21(10-20-15)14-4-1-11(2-5-14)17(22)23/h1-10,18H,19H2,(H,22,23)/b13-9+,18-8?. The number of aromatic nitrogens is 2. The minimum Gasteiger partial charge on any atom is -0.478 e. The van der Waals surface area contributed by atoms with Crippen LogP contribution in [0, 0.1) is 5.41 Å². The van der Waals surface area contributed by atoms with Crippen LogP contribution < -0.4 is 5.73 Å². The van der Waals surface area contributed by atoms with Crippen molar-refractivity contribution in [2.24, 2.45) is 5.73 Å². The fourth-order valence-corrected chi connectivity index (χ4v) is 2.39. The number of carboxylic acids is 1. The summed E-state index contributed by atoms with van der Waals surface area (Å²) in [5.41, 5.74) is 9.67. The van der Waals surface area contributed by atoms with E-state index in [4.69, 9.17) is 16.2 Å². The van der Waals surface area contributed by atoms with Crippen LogP contribution in [-0.2, 0) is 0 Å². The van der Waals surface area contributed by atoms with E-state index in [-0.39, 0.29) is 5.56 Å². The molecule has 0 saturated carbocycles. The van der Waals surface area contributed by atoms with Crippen LogP contribution >= 0.6 is 0 Å². The predicted molar refractivity (Wildman–Crippen MR) is 89.0 cm³/mol. The van der Waals surface area contributed by atoms with Crippen molar-refractivity contribution >= 4 is 28.8 Å². The quantitative estimate of drug-likeness (QED) is 0.644. The summed E-state index contributed by atoms with van der Waals surface area (Å²) in [5.74, 6) is -0.960. The third-order valence-corrected chi connectivity index (χ3v) is 3.61. The van der Waals surface area contributed by atoms with Crippen molar-refractivity contribution in [2.75, 3.05) is 0 Å². The summed E-state index contributed by atoms with van der Waals surface area (Å²) in [6, 6.07) is 12.2. The Morgan fingerprint density at radius 3 is 2.48 bits per heavy atom. The molecule has 0 unspecified atom stereocenters. The number of hydrogen-bond donors (Lipinski definition) is 3. The number of nitrogens with two attached hydrogens (primary N) is 1. The third kappa shape index (κ3) is 2.57. The summed E-state index contributed by atoms with van der Waals surface area (Å²) in [6.45, 7) is 0. The largest absolute Gasteiger partial charge is 0.478 e. The lowest BCUT2D eigenvalue weighted by Crippen LogP contribution is -1.98. The highest BCUT2D eigenvalue weighted by Gasteiger charge is 2.08. The number of rotatable bonds is 4. The number of imidazole rings is 1. The molecule has 2 aromatic carbocycles. The zero-order chi connectivity index (χ0) is 16.4. The molecule has 0 aliphatic carbocycles. The Labute approximate surface area is 132 Å². The maximum Gasteiger partial charge on any atom is 0.335 e. The van der Waals surface area contributed by atoms with Crippen molar-refractivity contribution in [3.05, 3.63) is 66.1 Å². The molecule has 0 saturated heterocycles. The molecule has 4 N–H and O–H groups in total. The number of allylic oxidation sites excluding steroid dienone is 1. The van der Waals surface area contributed by atoms with Crippen LogP contribution in [0.15, 0.2) is 55.0 Å². The van der Waals surface area contributed by atoms with Crippen LogP contribution in [-0.4, -0.2) is 26.8 Å². The summed E-state index contributed by atoms with van der Waals surface area (Å²) >= 11 is 0. The molecule has 1 heterocycles. The summed E-state index contributed by atoms with van der Waals surface area (Å²) in [5, 5.41) is 16.4. The lowest BCUT2D eigenvalue weighted by molar-refractivity contribution is 0.0697. The van der Waals surface area contributed by atoms with Gasteiger partial charge in [0.05, 0.1) is 16.6 Å². The van der Waals surface area contributed by atoms with E-state index in [0.29, 0.717) is 5.57 Å². The van der Waals surface area contributed by atoms with Gasteiger partial charge in [0.2, 0.25) is 0 Å². The van der Waals surface area contributed by atoms with E-state index in [9.17, 15) is 4.79 Å². The summed E-state index contributed by atoms with van der Waals surface area (Å²) < 4.78 is 1.86. The highest BCUT2D eigenvalue weighted by Crippen LogP contribution is 2.22. The number of nitrogens with one attached hydrogen (secondary N) is 1. The fraction of sp³-hybridized carbons (Fsp3) is 0. The van der Waals surface area contributed by atoms with Gasteiger partial charge in [0.1, 0.15) is 6.33 Å². The smallest absolute Gasteiger partial charge is 0.335 e. The lowest BCUT2D eigenvalue weighted by atomic mass is 10.1. The molecule has 0 spiro atoms. The summed E-state index contributed by atoms with van der Waals surface area (Å²) in [7, 11) is 0. The van der Waals surface area contributed by atoms with Crippen LogP contribution in [0.5, 0.6) is 0 Å². The Balaban J connectivity index is 2.12. The van der Waals surface area contributed by atoms with Crippen molar-refractivity contribution in [2.45, 2.75) is 0 Å². The molecule has 3 rings (SSSR count). The zero-order valence-electron chi connectivity index (χ0n) is 12.1. The summed E-state index contributed by atoms with van der Waals surface area (Å²) in [6.07, 6.45) is 4.26. The molecule has 6 nitrogen and oxygen atoms in total. The fourth-order valence-electron chi connectivity index (χ4n) is 2.39. The van der Waals surface area contributed by atoms with Gasteiger partial charge in [-0.2, -0.15) is 0 Å². The zero-order valence-corrected chi connectivity index (χ0v) is 12.1.